The van der Waals surface area contributed by atoms with Crippen molar-refractivity contribution in [3.63, 3.8) is 0 Å². The maximum absolute atomic E-state index is 13.4. The Morgan fingerprint density at radius 2 is 0.632 bits per heavy atom. The van der Waals surface area contributed by atoms with Gasteiger partial charge in [-0.1, -0.05) is 0 Å². The SMILES string of the molecule is CC(=O)O.CC(O)C(F)(F)C(F)(F)C(F)(F)C(F)(F)C(F)(F)C(F)(F)C(F)(F)C(F)(F)C(F)(F)C(F)(F)F. The number of aliphatic carboxylic acids is 1. The Morgan fingerprint density at radius 3 is 0.789 bits per heavy atom. The largest absolute Gasteiger partial charge is 0.481 e. The molecule has 0 saturated carbocycles. The molecule has 0 rings (SSSR count). The summed E-state index contributed by atoms with van der Waals surface area (Å²) in [5.41, 5.74) is 0. The van der Waals surface area contributed by atoms with Crippen LogP contribution in [0.3, 0.4) is 0 Å². The van der Waals surface area contributed by atoms with E-state index in [1.165, 1.54) is 0 Å². The van der Waals surface area contributed by atoms with Crippen molar-refractivity contribution in [2.24, 2.45) is 0 Å². The van der Waals surface area contributed by atoms with Gasteiger partial charge >= 0.3 is 59.5 Å². The van der Waals surface area contributed by atoms with Crippen molar-refractivity contribution < 1.29 is 107 Å². The number of rotatable bonds is 9. The van der Waals surface area contributed by atoms with Crippen LogP contribution in [0, 0.1) is 0 Å². The molecule has 1 atom stereocenters. The predicted molar refractivity (Wildman–Crippen MR) is 75.6 cm³/mol. The van der Waals surface area contributed by atoms with E-state index in [9.17, 15) is 92.2 Å². The highest BCUT2D eigenvalue weighted by atomic mass is 19.4. The predicted octanol–water partition coefficient (Wildman–Crippen LogP) is 6.74. The molecule has 0 radical (unpaired) electrons. The third kappa shape index (κ3) is 5.11. The van der Waals surface area contributed by atoms with Gasteiger partial charge in [0.25, 0.3) is 5.97 Å². The lowest BCUT2D eigenvalue weighted by molar-refractivity contribution is -0.475. The molecule has 0 aromatic carbocycles. The van der Waals surface area contributed by atoms with Gasteiger partial charge in [0, 0.05) is 6.92 Å². The van der Waals surface area contributed by atoms with Crippen molar-refractivity contribution in [2.45, 2.75) is 79.4 Å². The topological polar surface area (TPSA) is 57.5 Å². The molecule has 0 aromatic rings. The Labute approximate surface area is 194 Å². The summed E-state index contributed by atoms with van der Waals surface area (Å²) in [7, 11) is 0. The van der Waals surface area contributed by atoms with Crippen LogP contribution < -0.4 is 0 Å². The normalized spacial score (nSPS) is 16.5. The van der Waals surface area contributed by atoms with Gasteiger partial charge in [-0.3, -0.25) is 4.79 Å². The van der Waals surface area contributed by atoms with Gasteiger partial charge < -0.3 is 10.2 Å². The molecule has 0 saturated heterocycles. The van der Waals surface area contributed by atoms with E-state index in [4.69, 9.17) is 15.0 Å². The van der Waals surface area contributed by atoms with Crippen LogP contribution >= 0.6 is 0 Å². The van der Waals surface area contributed by atoms with Crippen LogP contribution in [0.15, 0.2) is 0 Å². The zero-order valence-electron chi connectivity index (χ0n) is 17.3. The monoisotopic (exact) mass is 624 g/mol. The first-order valence-corrected chi connectivity index (χ1v) is 8.27. The minimum Gasteiger partial charge on any atom is -0.481 e. The zero-order chi connectivity index (χ0) is 32.2. The number of hydrogen-bond donors (Lipinski definition) is 2. The smallest absolute Gasteiger partial charge is 0.460 e. The fraction of sp³-hybridized carbons (Fsp3) is 0.929. The van der Waals surface area contributed by atoms with Crippen molar-refractivity contribution in [3.8, 4) is 0 Å². The summed E-state index contributed by atoms with van der Waals surface area (Å²) in [4.78, 5) is 9.00. The molecule has 230 valence electrons. The van der Waals surface area contributed by atoms with E-state index >= 15 is 0 Å². The van der Waals surface area contributed by atoms with E-state index < -0.39 is 78.5 Å². The molecular weight excluding hydrogens is 615 g/mol. The summed E-state index contributed by atoms with van der Waals surface area (Å²) < 4.78 is 272. The van der Waals surface area contributed by atoms with Crippen molar-refractivity contribution >= 4 is 5.97 Å². The number of hydrogen-bond acceptors (Lipinski definition) is 2. The molecule has 0 bridgehead atoms. The first kappa shape index (κ1) is 38.1. The Hall–Kier alpha value is -2.04. The highest BCUT2D eigenvalue weighted by Gasteiger charge is 2.98. The second-order valence-electron chi connectivity index (χ2n) is 6.91. The molecule has 0 spiro atoms. The molecule has 0 aliphatic heterocycles. The Kier molecular flexibility index (Phi) is 9.88. The molecule has 2 N–H and O–H groups in total. The number of halogens is 21. The van der Waals surface area contributed by atoms with Gasteiger partial charge in [0.1, 0.15) is 6.10 Å². The van der Waals surface area contributed by atoms with Crippen LogP contribution in [-0.2, 0) is 4.79 Å². The second-order valence-corrected chi connectivity index (χ2v) is 6.91. The molecule has 1 unspecified atom stereocenters. The minimum absolute atomic E-state index is 0.594. The van der Waals surface area contributed by atoms with Crippen molar-refractivity contribution in [2.75, 3.05) is 0 Å². The molecule has 0 aromatic heterocycles. The third-order valence-corrected chi connectivity index (χ3v) is 4.06. The summed E-state index contributed by atoms with van der Waals surface area (Å²) in [6.45, 7) is 0.489. The van der Waals surface area contributed by atoms with Crippen molar-refractivity contribution in [1.82, 2.24) is 0 Å². The van der Waals surface area contributed by atoms with Crippen LogP contribution in [0.1, 0.15) is 13.8 Å². The molecule has 3 nitrogen and oxygen atoms in total. The molecule has 0 aliphatic rings. The molecule has 24 heteroatoms. The highest BCUT2D eigenvalue weighted by molar-refractivity contribution is 5.62. The summed E-state index contributed by atoms with van der Waals surface area (Å²) >= 11 is 0. The van der Waals surface area contributed by atoms with Gasteiger partial charge in [-0.2, -0.15) is 92.2 Å². The Morgan fingerprint density at radius 1 is 0.474 bits per heavy atom. The third-order valence-electron chi connectivity index (χ3n) is 4.06. The maximum atomic E-state index is 13.4. The number of carbonyl (C=O) groups is 1. The second kappa shape index (κ2) is 9.86. The molecule has 0 amide bonds. The highest BCUT2D eigenvalue weighted by Crippen LogP contribution is 2.66. The number of carboxylic acid groups (broad SMARTS) is 1. The van der Waals surface area contributed by atoms with Crippen LogP contribution in [-0.4, -0.2) is 81.8 Å². The number of carboxylic acids is 1. The number of aliphatic hydroxyl groups is 1. The van der Waals surface area contributed by atoms with Crippen LogP contribution in [0.2, 0.25) is 0 Å². The maximum Gasteiger partial charge on any atom is 0.460 e. The number of aliphatic hydroxyl groups excluding tert-OH is 1. The van der Waals surface area contributed by atoms with E-state index in [1.807, 2.05) is 0 Å². The summed E-state index contributed by atoms with van der Waals surface area (Å²) in [6, 6.07) is 0. The average Bonchev–Trinajstić information content (AvgIpc) is 2.65. The molecule has 38 heavy (non-hydrogen) atoms. The van der Waals surface area contributed by atoms with Gasteiger partial charge in [-0.25, -0.2) is 0 Å². The van der Waals surface area contributed by atoms with Crippen LogP contribution in [0.25, 0.3) is 0 Å². The fourth-order valence-corrected chi connectivity index (χ4v) is 1.83. The summed E-state index contributed by atoms with van der Waals surface area (Å²) in [6.07, 6.45) is -12.2. The number of alkyl halides is 21. The van der Waals surface area contributed by atoms with Gasteiger partial charge in [0.2, 0.25) is 0 Å². The minimum atomic E-state index is -9.19. The Balaban J connectivity index is 0. The lowest BCUT2D eigenvalue weighted by Gasteiger charge is -2.44. The van der Waals surface area contributed by atoms with E-state index in [-0.39, 0.29) is 0 Å². The van der Waals surface area contributed by atoms with E-state index in [2.05, 4.69) is 0 Å². The quantitative estimate of drug-likeness (QED) is 0.280. The van der Waals surface area contributed by atoms with Crippen molar-refractivity contribution in [3.05, 3.63) is 0 Å². The first-order valence-electron chi connectivity index (χ1n) is 8.27. The molecule has 0 aliphatic carbocycles. The van der Waals surface area contributed by atoms with Crippen LogP contribution in [0.4, 0.5) is 92.2 Å². The summed E-state index contributed by atoms with van der Waals surface area (Å²) in [5, 5.41) is 15.7. The van der Waals surface area contributed by atoms with Gasteiger partial charge in [0.15, 0.2) is 0 Å². The lowest BCUT2D eigenvalue weighted by Crippen LogP contribution is -2.77. The molecule has 0 heterocycles. The average molecular weight is 624 g/mol. The van der Waals surface area contributed by atoms with E-state index in [0.717, 1.165) is 6.92 Å². The van der Waals surface area contributed by atoms with E-state index in [0.29, 0.717) is 0 Å². The van der Waals surface area contributed by atoms with Gasteiger partial charge in [-0.15, -0.1) is 0 Å². The van der Waals surface area contributed by atoms with Crippen LogP contribution in [0.5, 0.6) is 0 Å². The molecule has 0 fully saturated rings. The first-order chi connectivity index (χ1) is 15.9. The standard InChI is InChI=1S/C12H5F21O.C2H4O2/c1-2(34)3(13,14)4(15,16)5(17,18)6(19,20)7(21,22)8(23,24)9(25,26)10(27,28)11(29,30)12(31,32)33;1-2(3)4/h2,34H,1H3;1H3,(H,3,4). The summed E-state index contributed by atoms with van der Waals surface area (Å²) in [5.74, 6) is -78.4. The fourth-order valence-electron chi connectivity index (χ4n) is 1.83. The van der Waals surface area contributed by atoms with Crippen molar-refractivity contribution in [1.29, 1.82) is 0 Å². The van der Waals surface area contributed by atoms with Gasteiger partial charge in [0.05, 0.1) is 0 Å². The lowest BCUT2D eigenvalue weighted by atomic mass is 9.85. The molecular formula is C14H9F21O3. The van der Waals surface area contributed by atoms with E-state index in [1.54, 1.807) is 0 Å². The zero-order valence-corrected chi connectivity index (χ0v) is 17.3. The Bertz CT molecular complexity index is 837. The van der Waals surface area contributed by atoms with Gasteiger partial charge in [-0.05, 0) is 6.92 Å².